The van der Waals surface area contributed by atoms with Crippen LogP contribution >= 0.6 is 11.6 Å². The summed E-state index contributed by atoms with van der Waals surface area (Å²) in [6, 6.07) is 6.82. The molecule has 1 fully saturated rings. The van der Waals surface area contributed by atoms with Crippen LogP contribution in [-0.4, -0.2) is 48.5 Å². The molecule has 0 atom stereocenters. The van der Waals surface area contributed by atoms with Crippen LogP contribution in [-0.2, 0) is 20.8 Å². The Kier molecular flexibility index (Phi) is 7.35. The van der Waals surface area contributed by atoms with Gasteiger partial charge in [0.25, 0.3) is 0 Å². The van der Waals surface area contributed by atoms with Crippen molar-refractivity contribution in [2.24, 2.45) is 5.92 Å². The highest BCUT2D eigenvalue weighted by Gasteiger charge is 2.21. The predicted octanol–water partition coefficient (Wildman–Crippen LogP) is 4.00. The third-order valence-electron chi connectivity index (χ3n) is 5.77. The molecule has 176 valence electrons. The topological polar surface area (TPSA) is 91.7 Å². The van der Waals surface area contributed by atoms with Gasteiger partial charge in [-0.3, -0.25) is 9.59 Å². The van der Waals surface area contributed by atoms with Gasteiger partial charge in [-0.15, -0.1) is 0 Å². The zero-order valence-corrected chi connectivity index (χ0v) is 19.6. The van der Waals surface area contributed by atoms with Crippen molar-refractivity contribution in [3.8, 4) is 5.75 Å². The van der Waals surface area contributed by atoms with Crippen molar-refractivity contribution in [1.29, 1.82) is 0 Å². The summed E-state index contributed by atoms with van der Waals surface area (Å²) in [5.74, 6) is 1.04. The van der Waals surface area contributed by atoms with E-state index in [1.165, 1.54) is 0 Å². The molecule has 1 aliphatic rings. The number of benzene rings is 1. The first-order valence-corrected chi connectivity index (χ1v) is 11.7. The summed E-state index contributed by atoms with van der Waals surface area (Å²) >= 11 is 6.42. The van der Waals surface area contributed by atoms with Crippen LogP contribution < -0.4 is 15.5 Å². The van der Waals surface area contributed by atoms with Gasteiger partial charge < -0.3 is 24.1 Å². The van der Waals surface area contributed by atoms with Gasteiger partial charge in [0.15, 0.2) is 11.2 Å². The number of rotatable bonds is 8. The van der Waals surface area contributed by atoms with Crippen LogP contribution in [0.3, 0.4) is 0 Å². The lowest BCUT2D eigenvalue weighted by atomic mass is 10.0. The van der Waals surface area contributed by atoms with E-state index < -0.39 is 5.97 Å². The SMILES string of the molecule is CCOC(=O)Cn1c2nc(NCC3CCOCC3)ccc2c(=O)c2ccc(Cl)c(OCC)c21. The van der Waals surface area contributed by atoms with E-state index in [0.717, 1.165) is 32.6 Å². The van der Waals surface area contributed by atoms with Gasteiger partial charge in [0, 0.05) is 19.8 Å². The number of nitrogens with one attached hydrogen (secondary N) is 1. The fraction of sp³-hybridized carbons (Fsp3) is 0.458. The number of hydrogen-bond acceptors (Lipinski definition) is 7. The van der Waals surface area contributed by atoms with Crippen LogP contribution in [0.25, 0.3) is 21.9 Å². The Morgan fingerprint density at radius 1 is 1.18 bits per heavy atom. The van der Waals surface area contributed by atoms with Crippen molar-refractivity contribution in [2.75, 3.05) is 38.3 Å². The highest BCUT2D eigenvalue weighted by atomic mass is 35.5. The van der Waals surface area contributed by atoms with Crippen LogP contribution in [0.5, 0.6) is 5.75 Å². The number of carbonyl (C=O) groups is 1. The molecule has 0 bridgehead atoms. The zero-order valence-electron chi connectivity index (χ0n) is 18.9. The van der Waals surface area contributed by atoms with Crippen molar-refractivity contribution >= 4 is 45.3 Å². The number of nitrogens with zero attached hydrogens (tertiary/aromatic N) is 2. The number of carbonyl (C=O) groups excluding carboxylic acids is 1. The first kappa shape index (κ1) is 23.3. The normalized spacial score (nSPS) is 14.5. The molecule has 2 aromatic heterocycles. The largest absolute Gasteiger partial charge is 0.490 e. The number of ether oxygens (including phenoxy) is 3. The molecule has 1 aromatic carbocycles. The number of hydrogen-bond donors (Lipinski definition) is 1. The molecule has 3 aromatic rings. The smallest absolute Gasteiger partial charge is 0.326 e. The summed E-state index contributed by atoms with van der Waals surface area (Å²) in [5.41, 5.74) is 0.617. The van der Waals surface area contributed by atoms with Gasteiger partial charge in [0.1, 0.15) is 18.0 Å². The summed E-state index contributed by atoms with van der Waals surface area (Å²) in [4.78, 5) is 30.6. The average molecular weight is 474 g/mol. The van der Waals surface area contributed by atoms with E-state index >= 15 is 0 Å². The van der Waals surface area contributed by atoms with Gasteiger partial charge in [0.05, 0.1) is 34.5 Å². The summed E-state index contributed by atoms with van der Waals surface area (Å²) < 4.78 is 18.1. The van der Waals surface area contributed by atoms with Crippen molar-refractivity contribution < 1.29 is 19.0 Å². The minimum absolute atomic E-state index is 0.127. The quantitative estimate of drug-likeness (QED) is 0.390. The molecule has 0 saturated carbocycles. The third-order valence-corrected chi connectivity index (χ3v) is 6.06. The molecule has 4 rings (SSSR count). The molecule has 0 amide bonds. The van der Waals surface area contributed by atoms with Crippen LogP contribution in [0.4, 0.5) is 5.82 Å². The van der Waals surface area contributed by atoms with E-state index in [4.69, 9.17) is 30.8 Å². The van der Waals surface area contributed by atoms with Gasteiger partial charge in [-0.1, -0.05) is 11.6 Å². The van der Waals surface area contributed by atoms with E-state index in [9.17, 15) is 9.59 Å². The Bertz CT molecular complexity index is 1220. The molecule has 1 aliphatic heterocycles. The number of anilines is 1. The van der Waals surface area contributed by atoms with Gasteiger partial charge in [-0.2, -0.15) is 0 Å². The minimum atomic E-state index is -0.437. The molecule has 1 N–H and O–H groups in total. The Morgan fingerprint density at radius 2 is 1.94 bits per heavy atom. The fourth-order valence-electron chi connectivity index (χ4n) is 4.15. The van der Waals surface area contributed by atoms with Gasteiger partial charge in [-0.25, -0.2) is 4.98 Å². The second kappa shape index (κ2) is 10.4. The van der Waals surface area contributed by atoms with Crippen molar-refractivity contribution in [3.05, 3.63) is 39.5 Å². The van der Waals surface area contributed by atoms with Gasteiger partial charge >= 0.3 is 5.97 Å². The van der Waals surface area contributed by atoms with E-state index in [1.54, 1.807) is 35.8 Å². The van der Waals surface area contributed by atoms with Gasteiger partial charge in [-0.05, 0) is 56.9 Å². The summed E-state index contributed by atoms with van der Waals surface area (Å²) in [6.45, 7) is 6.35. The van der Waals surface area contributed by atoms with E-state index in [-0.39, 0.29) is 18.6 Å². The first-order valence-electron chi connectivity index (χ1n) is 11.3. The molecule has 0 spiro atoms. The number of esters is 1. The highest BCUT2D eigenvalue weighted by Crippen LogP contribution is 2.34. The number of fused-ring (bicyclic) bond motifs is 2. The molecular formula is C24H28ClN3O5. The second-order valence-corrected chi connectivity index (χ2v) is 8.34. The number of aromatic nitrogens is 2. The minimum Gasteiger partial charge on any atom is -0.490 e. The lowest BCUT2D eigenvalue weighted by Gasteiger charge is -2.22. The van der Waals surface area contributed by atoms with Crippen molar-refractivity contribution in [3.63, 3.8) is 0 Å². The Morgan fingerprint density at radius 3 is 2.67 bits per heavy atom. The Balaban J connectivity index is 1.87. The number of pyridine rings is 2. The van der Waals surface area contributed by atoms with Crippen LogP contribution in [0, 0.1) is 5.92 Å². The lowest BCUT2D eigenvalue weighted by Crippen LogP contribution is -2.23. The van der Waals surface area contributed by atoms with Crippen molar-refractivity contribution in [1.82, 2.24) is 9.55 Å². The Hall–Kier alpha value is -2.84. The van der Waals surface area contributed by atoms with Crippen LogP contribution in [0.2, 0.25) is 5.02 Å². The maximum atomic E-state index is 13.3. The van der Waals surface area contributed by atoms with Gasteiger partial charge in [0.2, 0.25) is 0 Å². The van der Waals surface area contributed by atoms with Crippen LogP contribution in [0.1, 0.15) is 26.7 Å². The summed E-state index contributed by atoms with van der Waals surface area (Å²) in [7, 11) is 0. The third kappa shape index (κ3) is 4.91. The number of halogens is 1. The molecule has 0 radical (unpaired) electrons. The molecule has 1 saturated heterocycles. The standard InChI is InChI=1S/C24H28ClN3O5/c1-3-32-20(29)14-28-21-16(5-7-18(25)23(21)33-4-2)22(30)17-6-8-19(27-24(17)28)26-13-15-9-11-31-12-10-15/h5-8,15H,3-4,9-14H2,1-2H3,(H,26,27). The molecular weight excluding hydrogens is 446 g/mol. The predicted molar refractivity (Wildman–Crippen MR) is 128 cm³/mol. The highest BCUT2D eigenvalue weighted by molar-refractivity contribution is 6.33. The molecule has 33 heavy (non-hydrogen) atoms. The maximum Gasteiger partial charge on any atom is 0.326 e. The molecule has 3 heterocycles. The molecule has 0 unspecified atom stereocenters. The zero-order chi connectivity index (χ0) is 23.4. The second-order valence-electron chi connectivity index (χ2n) is 7.93. The molecule has 9 heteroatoms. The maximum absolute atomic E-state index is 13.3. The monoisotopic (exact) mass is 473 g/mol. The Labute approximate surface area is 196 Å². The average Bonchev–Trinajstić information content (AvgIpc) is 2.82. The van der Waals surface area contributed by atoms with Crippen LogP contribution in [0.15, 0.2) is 29.1 Å². The van der Waals surface area contributed by atoms with Crippen molar-refractivity contribution in [2.45, 2.75) is 33.2 Å². The van der Waals surface area contributed by atoms with E-state index in [1.807, 2.05) is 6.92 Å². The first-order chi connectivity index (χ1) is 16.0. The molecule has 8 nitrogen and oxygen atoms in total. The fourth-order valence-corrected chi connectivity index (χ4v) is 4.36. The summed E-state index contributed by atoms with van der Waals surface area (Å²) in [5, 5.41) is 4.55. The molecule has 0 aliphatic carbocycles. The lowest BCUT2D eigenvalue weighted by molar-refractivity contribution is -0.143. The summed E-state index contributed by atoms with van der Waals surface area (Å²) in [6.07, 6.45) is 1.99. The van der Waals surface area contributed by atoms with E-state index in [0.29, 0.717) is 51.1 Å². The van der Waals surface area contributed by atoms with E-state index in [2.05, 4.69) is 5.32 Å².